The van der Waals surface area contributed by atoms with Gasteiger partial charge in [-0.05, 0) is 47.0 Å². The smallest absolute Gasteiger partial charge is 0.194 e. The fourth-order valence-corrected chi connectivity index (χ4v) is 4.21. The number of nitrogens with zero attached hydrogens (tertiary/aromatic N) is 3. The van der Waals surface area contributed by atoms with E-state index in [1.165, 1.54) is 0 Å². The van der Waals surface area contributed by atoms with Gasteiger partial charge in [-0.2, -0.15) is 0 Å². The van der Waals surface area contributed by atoms with Gasteiger partial charge in [0.2, 0.25) is 0 Å². The molecule has 1 aliphatic carbocycles. The molecule has 0 spiro atoms. The van der Waals surface area contributed by atoms with Crippen molar-refractivity contribution in [3.63, 3.8) is 0 Å². The summed E-state index contributed by atoms with van der Waals surface area (Å²) in [4.78, 5) is 21.7. The number of halogens is 1. The van der Waals surface area contributed by atoms with E-state index in [1.807, 2.05) is 55.0 Å². The highest BCUT2D eigenvalue weighted by molar-refractivity contribution is 9.10. The zero-order valence-electron chi connectivity index (χ0n) is 15.6. The number of rotatable bonds is 6. The number of hydrogen-bond donors (Lipinski definition) is 0. The van der Waals surface area contributed by atoms with E-state index in [4.69, 9.17) is 4.74 Å². The number of ether oxygens (including phenoxy) is 1. The molecule has 0 aliphatic heterocycles. The fraction of sp³-hybridized carbons (Fsp3) is 0.174. The summed E-state index contributed by atoms with van der Waals surface area (Å²) in [5, 5.41) is 1.82. The van der Waals surface area contributed by atoms with Crippen molar-refractivity contribution in [3.8, 4) is 17.0 Å². The predicted molar refractivity (Wildman–Crippen MR) is 115 cm³/mol. The molecule has 144 valence electrons. The molecule has 0 atom stereocenters. The van der Waals surface area contributed by atoms with Crippen LogP contribution in [0.25, 0.3) is 22.0 Å². The monoisotopic (exact) mass is 447 g/mol. The van der Waals surface area contributed by atoms with E-state index in [0.717, 1.165) is 51.8 Å². The maximum atomic E-state index is 13.0. The number of aromatic nitrogens is 3. The number of fused-ring (bicyclic) bond motifs is 2. The number of carbonyl (C=O) groups is 1. The summed E-state index contributed by atoms with van der Waals surface area (Å²) in [5.41, 5.74) is 3.14. The van der Waals surface area contributed by atoms with Crippen molar-refractivity contribution in [2.24, 2.45) is 0 Å². The molecule has 0 unspecified atom stereocenters. The summed E-state index contributed by atoms with van der Waals surface area (Å²) in [6, 6.07) is 13.4. The van der Waals surface area contributed by atoms with Crippen LogP contribution < -0.4 is 4.74 Å². The van der Waals surface area contributed by atoms with Crippen LogP contribution in [-0.4, -0.2) is 26.9 Å². The topological polar surface area (TPSA) is 57.0 Å². The minimum Gasteiger partial charge on any atom is -0.493 e. The average Bonchev–Trinajstić information content (AvgIpc) is 3.17. The van der Waals surface area contributed by atoms with Gasteiger partial charge < -0.3 is 9.30 Å². The molecule has 6 heteroatoms. The Hall–Kier alpha value is -2.99. The lowest BCUT2D eigenvalue weighted by molar-refractivity contribution is 0.104. The fourth-order valence-electron chi connectivity index (χ4n) is 3.86. The second-order valence-electron chi connectivity index (χ2n) is 7.06. The quantitative estimate of drug-likeness (QED) is 0.333. The van der Waals surface area contributed by atoms with Crippen molar-refractivity contribution < 1.29 is 9.53 Å². The normalized spacial score (nSPS) is 12.2. The molecule has 2 aromatic heterocycles. The lowest BCUT2D eigenvalue weighted by Gasteiger charge is -2.20. The first kappa shape index (κ1) is 18.1. The number of ketones is 1. The Morgan fingerprint density at radius 2 is 1.83 bits per heavy atom. The predicted octanol–water partition coefficient (Wildman–Crippen LogP) is 5.26. The first-order valence-electron chi connectivity index (χ1n) is 9.58. The van der Waals surface area contributed by atoms with Crippen LogP contribution in [0.2, 0.25) is 0 Å². The first-order chi connectivity index (χ1) is 14.2. The summed E-state index contributed by atoms with van der Waals surface area (Å²) in [5.74, 6) is 0.842. The molecular formula is C23H18BrN3O2. The number of unbranched alkanes of at least 4 members (excludes halogenated alkanes) is 1. The zero-order valence-corrected chi connectivity index (χ0v) is 17.2. The van der Waals surface area contributed by atoms with E-state index in [1.54, 1.807) is 6.20 Å². The van der Waals surface area contributed by atoms with Crippen LogP contribution in [0.3, 0.4) is 0 Å². The number of carbonyl (C=O) groups excluding carboxylic acids is 1. The Morgan fingerprint density at radius 1 is 0.966 bits per heavy atom. The Bertz CT molecular complexity index is 1230. The van der Waals surface area contributed by atoms with Gasteiger partial charge in [-0.1, -0.05) is 24.3 Å². The highest BCUT2D eigenvalue weighted by Gasteiger charge is 2.26. The van der Waals surface area contributed by atoms with Crippen LogP contribution in [0.5, 0.6) is 5.75 Å². The van der Waals surface area contributed by atoms with Crippen LogP contribution in [-0.2, 0) is 6.54 Å². The van der Waals surface area contributed by atoms with E-state index in [2.05, 4.69) is 30.5 Å². The maximum absolute atomic E-state index is 13.0. The zero-order chi connectivity index (χ0) is 19.8. The van der Waals surface area contributed by atoms with Gasteiger partial charge in [0.15, 0.2) is 5.78 Å². The first-order valence-corrected chi connectivity index (χ1v) is 10.4. The molecule has 0 amide bonds. The molecule has 0 bridgehead atoms. The van der Waals surface area contributed by atoms with Crippen molar-refractivity contribution >= 4 is 32.5 Å². The van der Waals surface area contributed by atoms with Crippen LogP contribution >= 0.6 is 15.9 Å². The van der Waals surface area contributed by atoms with E-state index >= 15 is 0 Å². The molecule has 0 fully saturated rings. The van der Waals surface area contributed by atoms with E-state index in [0.29, 0.717) is 17.7 Å². The molecule has 2 heterocycles. The van der Waals surface area contributed by atoms with Crippen LogP contribution in [0.15, 0.2) is 65.8 Å². The Kier molecular flexibility index (Phi) is 4.64. The number of pyridine rings is 1. The molecule has 4 aromatic rings. The molecule has 0 saturated carbocycles. The van der Waals surface area contributed by atoms with Gasteiger partial charge in [-0.3, -0.25) is 9.78 Å². The molecule has 29 heavy (non-hydrogen) atoms. The SMILES string of the molecule is O=C1c2ccccc2-c2nccc3c(OCCCCn4cnc(Br)c4)ccc1c23. The minimum absolute atomic E-state index is 0.0455. The summed E-state index contributed by atoms with van der Waals surface area (Å²) in [6.07, 6.45) is 7.50. The van der Waals surface area contributed by atoms with E-state index < -0.39 is 0 Å². The van der Waals surface area contributed by atoms with Gasteiger partial charge in [-0.25, -0.2) is 4.98 Å². The largest absolute Gasteiger partial charge is 0.493 e. The molecule has 2 aromatic carbocycles. The van der Waals surface area contributed by atoms with Gasteiger partial charge >= 0.3 is 0 Å². The van der Waals surface area contributed by atoms with Crippen molar-refractivity contribution in [1.29, 1.82) is 0 Å². The third kappa shape index (κ3) is 3.23. The molecule has 5 nitrogen and oxygen atoms in total. The lowest BCUT2D eigenvalue weighted by atomic mass is 9.85. The summed E-state index contributed by atoms with van der Waals surface area (Å²) >= 11 is 3.36. The van der Waals surface area contributed by atoms with E-state index in [-0.39, 0.29) is 5.78 Å². The van der Waals surface area contributed by atoms with Crippen LogP contribution in [0, 0.1) is 0 Å². The van der Waals surface area contributed by atoms with Gasteiger partial charge in [-0.15, -0.1) is 0 Å². The minimum atomic E-state index is 0.0455. The summed E-state index contributed by atoms with van der Waals surface area (Å²) in [7, 11) is 0. The third-order valence-corrected chi connectivity index (χ3v) is 5.64. The Morgan fingerprint density at radius 3 is 2.66 bits per heavy atom. The number of benzene rings is 2. The average molecular weight is 448 g/mol. The molecule has 1 aliphatic rings. The van der Waals surface area contributed by atoms with Crippen molar-refractivity contribution in [1.82, 2.24) is 14.5 Å². The number of hydrogen-bond acceptors (Lipinski definition) is 4. The molecule has 0 radical (unpaired) electrons. The summed E-state index contributed by atoms with van der Waals surface area (Å²) < 4.78 is 9.00. The van der Waals surface area contributed by atoms with E-state index in [9.17, 15) is 4.79 Å². The molecule has 0 saturated heterocycles. The van der Waals surface area contributed by atoms with Gasteiger partial charge in [0.05, 0.1) is 18.6 Å². The third-order valence-electron chi connectivity index (χ3n) is 5.23. The summed E-state index contributed by atoms with van der Waals surface area (Å²) in [6.45, 7) is 1.52. The maximum Gasteiger partial charge on any atom is 0.194 e. The second-order valence-corrected chi connectivity index (χ2v) is 7.87. The lowest BCUT2D eigenvalue weighted by Crippen LogP contribution is -2.11. The highest BCUT2D eigenvalue weighted by atomic mass is 79.9. The Labute approximate surface area is 176 Å². The second kappa shape index (κ2) is 7.44. The van der Waals surface area contributed by atoms with Gasteiger partial charge in [0.1, 0.15) is 10.4 Å². The number of imidazole rings is 1. The van der Waals surface area contributed by atoms with Gasteiger partial charge in [0, 0.05) is 46.4 Å². The Balaban J connectivity index is 1.38. The van der Waals surface area contributed by atoms with Crippen LogP contribution in [0.4, 0.5) is 0 Å². The number of aryl methyl sites for hydroxylation is 1. The molecule has 5 rings (SSSR count). The standard InChI is InChI=1S/C23H18BrN3O2/c24-20-13-27(14-26-20)11-3-4-12-29-19-8-7-18-21-17(19)9-10-25-22(21)15-5-1-2-6-16(15)23(18)28/h1-2,5-10,13-14H,3-4,11-12H2. The molecule has 0 N–H and O–H groups in total. The van der Waals surface area contributed by atoms with Crippen molar-refractivity contribution in [2.45, 2.75) is 19.4 Å². The van der Waals surface area contributed by atoms with Crippen LogP contribution in [0.1, 0.15) is 28.8 Å². The molecular weight excluding hydrogens is 430 g/mol. The van der Waals surface area contributed by atoms with Crippen molar-refractivity contribution in [3.05, 3.63) is 76.9 Å². The highest BCUT2D eigenvalue weighted by Crippen LogP contribution is 2.40. The van der Waals surface area contributed by atoms with Crippen molar-refractivity contribution in [2.75, 3.05) is 6.61 Å². The van der Waals surface area contributed by atoms with Gasteiger partial charge in [0.25, 0.3) is 0 Å².